The smallest absolute Gasteiger partial charge is 0.247 e. The van der Waals surface area contributed by atoms with Crippen LogP contribution in [0, 0.1) is 5.82 Å². The molecule has 2 aromatic heterocycles. The van der Waals surface area contributed by atoms with Crippen LogP contribution < -0.4 is 10.5 Å². The molecular formula is C16H16FN5O. The number of nitrogens with zero attached hydrogens (tertiary/aromatic N) is 4. The van der Waals surface area contributed by atoms with Gasteiger partial charge in [0.1, 0.15) is 5.82 Å². The van der Waals surface area contributed by atoms with Crippen molar-refractivity contribution < 1.29 is 9.13 Å². The van der Waals surface area contributed by atoms with Crippen molar-refractivity contribution in [3.05, 3.63) is 36.3 Å². The van der Waals surface area contributed by atoms with Crippen molar-refractivity contribution in [2.75, 3.05) is 5.73 Å². The summed E-state index contributed by atoms with van der Waals surface area (Å²) < 4.78 is 18.8. The topological polar surface area (TPSA) is 86.8 Å². The van der Waals surface area contributed by atoms with E-state index in [1.165, 1.54) is 12.1 Å². The van der Waals surface area contributed by atoms with Crippen molar-refractivity contribution in [1.82, 2.24) is 19.9 Å². The third kappa shape index (κ3) is 3.18. The van der Waals surface area contributed by atoms with E-state index in [0.717, 1.165) is 12.0 Å². The summed E-state index contributed by atoms with van der Waals surface area (Å²) in [7, 11) is 0. The molecule has 0 saturated carbocycles. The molecule has 0 amide bonds. The van der Waals surface area contributed by atoms with Crippen LogP contribution in [-0.4, -0.2) is 26.0 Å². The summed E-state index contributed by atoms with van der Waals surface area (Å²) in [5, 5.41) is 0. The van der Waals surface area contributed by atoms with Crippen LogP contribution in [0.2, 0.25) is 0 Å². The molecule has 118 valence electrons. The Kier molecular flexibility index (Phi) is 4.01. The highest BCUT2D eigenvalue weighted by atomic mass is 19.1. The average molecular weight is 313 g/mol. The number of nitrogens with two attached hydrogens (primary N) is 1. The third-order valence-electron chi connectivity index (χ3n) is 3.42. The largest absolute Gasteiger partial charge is 0.473 e. The van der Waals surface area contributed by atoms with Gasteiger partial charge in [0.05, 0.1) is 18.0 Å². The molecule has 3 rings (SSSR count). The second-order valence-corrected chi connectivity index (χ2v) is 5.16. The molecule has 23 heavy (non-hydrogen) atoms. The molecule has 0 fully saturated rings. The molecule has 6 nitrogen and oxygen atoms in total. The summed E-state index contributed by atoms with van der Waals surface area (Å²) >= 11 is 0. The number of hydrogen-bond donors (Lipinski definition) is 1. The SMILES string of the molecule is CCC(C)Oc1nc(N)nc2ncc(-c3ccc(F)cc3)nc12. The van der Waals surface area contributed by atoms with E-state index in [1.54, 1.807) is 18.3 Å². The van der Waals surface area contributed by atoms with Gasteiger partial charge in [-0.3, -0.25) is 0 Å². The fourth-order valence-corrected chi connectivity index (χ4v) is 2.01. The van der Waals surface area contributed by atoms with Crippen LogP contribution >= 0.6 is 0 Å². The summed E-state index contributed by atoms with van der Waals surface area (Å²) in [4.78, 5) is 17.0. The molecule has 1 unspecified atom stereocenters. The maximum absolute atomic E-state index is 13.1. The van der Waals surface area contributed by atoms with E-state index in [1.807, 2.05) is 13.8 Å². The Labute approximate surface area is 132 Å². The lowest BCUT2D eigenvalue weighted by molar-refractivity contribution is 0.211. The normalized spacial score (nSPS) is 12.3. The second-order valence-electron chi connectivity index (χ2n) is 5.16. The standard InChI is InChI=1S/C16H16FN5O/c1-3-9(2)23-15-13-14(21-16(18)22-15)19-8-12(20-13)10-4-6-11(17)7-5-10/h4-9H,3H2,1-2H3,(H2,18,19,21,22). The average Bonchev–Trinajstić information content (AvgIpc) is 2.55. The number of aromatic nitrogens is 4. The Morgan fingerprint density at radius 3 is 2.61 bits per heavy atom. The van der Waals surface area contributed by atoms with Crippen LogP contribution in [0.3, 0.4) is 0 Å². The van der Waals surface area contributed by atoms with E-state index >= 15 is 0 Å². The second kappa shape index (κ2) is 6.12. The summed E-state index contributed by atoms with van der Waals surface area (Å²) in [6.45, 7) is 3.94. The van der Waals surface area contributed by atoms with Crippen molar-refractivity contribution in [2.24, 2.45) is 0 Å². The number of halogens is 1. The first-order chi connectivity index (χ1) is 11.1. The molecule has 3 aromatic rings. The third-order valence-corrected chi connectivity index (χ3v) is 3.42. The fraction of sp³-hybridized carbons (Fsp3) is 0.250. The highest BCUT2D eigenvalue weighted by molar-refractivity contribution is 5.79. The molecule has 0 bridgehead atoms. The lowest BCUT2D eigenvalue weighted by atomic mass is 10.1. The van der Waals surface area contributed by atoms with Gasteiger partial charge < -0.3 is 10.5 Å². The molecule has 2 N–H and O–H groups in total. The molecular weight excluding hydrogens is 297 g/mol. The predicted molar refractivity (Wildman–Crippen MR) is 85.3 cm³/mol. The number of hydrogen-bond acceptors (Lipinski definition) is 6. The van der Waals surface area contributed by atoms with Gasteiger partial charge in [-0.15, -0.1) is 0 Å². The number of benzene rings is 1. The lowest BCUT2D eigenvalue weighted by Gasteiger charge is -2.13. The highest BCUT2D eigenvalue weighted by Crippen LogP contribution is 2.25. The van der Waals surface area contributed by atoms with Gasteiger partial charge in [-0.2, -0.15) is 9.97 Å². The van der Waals surface area contributed by atoms with Crippen LogP contribution in [-0.2, 0) is 0 Å². The summed E-state index contributed by atoms with van der Waals surface area (Å²) in [5.41, 5.74) is 7.82. The minimum atomic E-state index is -0.306. The number of ether oxygens (including phenoxy) is 1. The molecule has 0 aliphatic carbocycles. The Morgan fingerprint density at radius 2 is 1.91 bits per heavy atom. The zero-order chi connectivity index (χ0) is 16.4. The predicted octanol–water partition coefficient (Wildman–Crippen LogP) is 2.99. The van der Waals surface area contributed by atoms with Crippen LogP contribution in [0.15, 0.2) is 30.5 Å². The molecule has 2 heterocycles. The molecule has 0 spiro atoms. The van der Waals surface area contributed by atoms with E-state index in [-0.39, 0.29) is 17.9 Å². The number of anilines is 1. The molecule has 0 aliphatic rings. The number of nitrogen functional groups attached to an aromatic ring is 1. The van der Waals surface area contributed by atoms with Crippen molar-refractivity contribution in [1.29, 1.82) is 0 Å². The zero-order valence-corrected chi connectivity index (χ0v) is 12.8. The maximum Gasteiger partial charge on any atom is 0.247 e. The first-order valence-electron chi connectivity index (χ1n) is 7.29. The Hall–Kier alpha value is -2.83. The van der Waals surface area contributed by atoms with E-state index < -0.39 is 0 Å². The van der Waals surface area contributed by atoms with Gasteiger partial charge in [0.25, 0.3) is 0 Å². The van der Waals surface area contributed by atoms with Crippen LogP contribution in [0.4, 0.5) is 10.3 Å². The van der Waals surface area contributed by atoms with Gasteiger partial charge >= 0.3 is 0 Å². The van der Waals surface area contributed by atoms with Crippen LogP contribution in [0.5, 0.6) is 5.88 Å². The minimum absolute atomic E-state index is 0.0382. The van der Waals surface area contributed by atoms with Gasteiger partial charge in [-0.1, -0.05) is 6.92 Å². The van der Waals surface area contributed by atoms with Crippen molar-refractivity contribution >= 4 is 17.1 Å². The van der Waals surface area contributed by atoms with Crippen molar-refractivity contribution in [3.8, 4) is 17.1 Å². The number of fused-ring (bicyclic) bond motifs is 1. The quantitative estimate of drug-likeness (QED) is 0.796. The van der Waals surface area contributed by atoms with E-state index in [4.69, 9.17) is 10.5 Å². The lowest BCUT2D eigenvalue weighted by Crippen LogP contribution is -2.13. The maximum atomic E-state index is 13.1. The molecule has 0 saturated heterocycles. The van der Waals surface area contributed by atoms with Crippen molar-refractivity contribution in [3.63, 3.8) is 0 Å². The van der Waals surface area contributed by atoms with Gasteiger partial charge in [0.2, 0.25) is 11.8 Å². The van der Waals surface area contributed by atoms with E-state index in [2.05, 4.69) is 19.9 Å². The first-order valence-corrected chi connectivity index (χ1v) is 7.29. The highest BCUT2D eigenvalue weighted by Gasteiger charge is 2.14. The van der Waals surface area contributed by atoms with Gasteiger partial charge in [-0.05, 0) is 37.6 Å². The van der Waals surface area contributed by atoms with Gasteiger partial charge in [0.15, 0.2) is 11.2 Å². The summed E-state index contributed by atoms with van der Waals surface area (Å²) in [6, 6.07) is 6.02. The van der Waals surface area contributed by atoms with Crippen molar-refractivity contribution in [2.45, 2.75) is 26.4 Å². The molecule has 0 radical (unpaired) electrons. The van der Waals surface area contributed by atoms with E-state index in [0.29, 0.717) is 22.7 Å². The summed E-state index contributed by atoms with van der Waals surface area (Å²) in [6.07, 6.45) is 2.34. The molecule has 0 aliphatic heterocycles. The Balaban J connectivity index is 2.11. The first kappa shape index (κ1) is 15.1. The Morgan fingerprint density at radius 1 is 1.17 bits per heavy atom. The van der Waals surface area contributed by atoms with Gasteiger partial charge in [0, 0.05) is 5.56 Å². The summed E-state index contributed by atoms with van der Waals surface area (Å²) in [5.74, 6) is 0.0809. The molecule has 1 atom stereocenters. The van der Waals surface area contributed by atoms with Gasteiger partial charge in [-0.25, -0.2) is 14.4 Å². The molecule has 7 heteroatoms. The monoisotopic (exact) mass is 313 g/mol. The van der Waals surface area contributed by atoms with Crippen LogP contribution in [0.1, 0.15) is 20.3 Å². The Bertz CT molecular complexity index is 838. The molecule has 1 aromatic carbocycles. The number of rotatable bonds is 4. The minimum Gasteiger partial charge on any atom is -0.473 e. The van der Waals surface area contributed by atoms with E-state index in [9.17, 15) is 4.39 Å². The zero-order valence-electron chi connectivity index (χ0n) is 12.8. The fourth-order valence-electron chi connectivity index (χ4n) is 2.01. The van der Waals surface area contributed by atoms with Crippen LogP contribution in [0.25, 0.3) is 22.4 Å².